The maximum absolute atomic E-state index is 12.3. The highest BCUT2D eigenvalue weighted by atomic mass is 35.5. The van der Waals surface area contributed by atoms with Crippen LogP contribution in [0.25, 0.3) is 0 Å². The molecule has 1 amide bonds. The van der Waals surface area contributed by atoms with Gasteiger partial charge < -0.3 is 10.1 Å². The van der Waals surface area contributed by atoms with E-state index in [2.05, 4.69) is 5.32 Å². The molecule has 0 aromatic heterocycles. The Morgan fingerprint density at radius 3 is 2.60 bits per heavy atom. The second-order valence-corrected chi connectivity index (χ2v) is 6.84. The standard InChI is InChI=1S/C19H17Cl2NO3/c1-11(18(23)22-17-8-7-15(20)10-16(17)21)25-19(24)14-6-5-12-3-2-4-13(12)9-14/h5-11H,2-4H2,1H3,(H,22,23)/t11-/m0/s1. The topological polar surface area (TPSA) is 55.4 Å². The third kappa shape index (κ3) is 4.14. The molecule has 0 radical (unpaired) electrons. The number of anilines is 1. The van der Waals surface area contributed by atoms with Crippen molar-refractivity contribution < 1.29 is 14.3 Å². The summed E-state index contributed by atoms with van der Waals surface area (Å²) in [6, 6.07) is 10.3. The number of carbonyl (C=O) groups is 2. The van der Waals surface area contributed by atoms with Gasteiger partial charge in [0.2, 0.25) is 0 Å². The zero-order valence-corrected chi connectivity index (χ0v) is 15.2. The van der Waals surface area contributed by atoms with E-state index in [1.54, 1.807) is 18.2 Å². The smallest absolute Gasteiger partial charge is 0.338 e. The van der Waals surface area contributed by atoms with Crippen molar-refractivity contribution >= 4 is 40.8 Å². The number of nitrogens with one attached hydrogen (secondary N) is 1. The molecule has 2 aromatic carbocycles. The Bertz CT molecular complexity index is 835. The van der Waals surface area contributed by atoms with Gasteiger partial charge in [-0.3, -0.25) is 4.79 Å². The molecular formula is C19H17Cl2NO3. The van der Waals surface area contributed by atoms with Gasteiger partial charge in [-0.25, -0.2) is 4.79 Å². The van der Waals surface area contributed by atoms with Gasteiger partial charge in [-0.1, -0.05) is 29.3 Å². The van der Waals surface area contributed by atoms with Crippen LogP contribution < -0.4 is 5.32 Å². The van der Waals surface area contributed by atoms with E-state index < -0.39 is 18.0 Å². The van der Waals surface area contributed by atoms with E-state index in [1.165, 1.54) is 24.1 Å². The molecule has 0 saturated carbocycles. The average molecular weight is 378 g/mol. The third-order valence-electron chi connectivity index (χ3n) is 4.18. The molecule has 0 saturated heterocycles. The molecule has 0 fully saturated rings. The van der Waals surface area contributed by atoms with Gasteiger partial charge in [-0.05, 0) is 67.6 Å². The largest absolute Gasteiger partial charge is 0.449 e. The minimum absolute atomic E-state index is 0.318. The zero-order chi connectivity index (χ0) is 18.0. The molecule has 0 heterocycles. The molecule has 1 N–H and O–H groups in total. The SMILES string of the molecule is C[C@H](OC(=O)c1ccc2c(c1)CCC2)C(=O)Nc1ccc(Cl)cc1Cl. The van der Waals surface area contributed by atoms with Crippen LogP contribution in [0.4, 0.5) is 5.69 Å². The summed E-state index contributed by atoms with van der Waals surface area (Å²) in [5.74, 6) is -0.974. The number of benzene rings is 2. The number of hydrogen-bond donors (Lipinski definition) is 1. The first kappa shape index (κ1) is 17.8. The molecular weight excluding hydrogens is 361 g/mol. The number of fused-ring (bicyclic) bond motifs is 1. The summed E-state index contributed by atoms with van der Waals surface area (Å²) >= 11 is 11.9. The fraction of sp³-hybridized carbons (Fsp3) is 0.263. The molecule has 6 heteroatoms. The molecule has 0 unspecified atom stereocenters. The van der Waals surface area contributed by atoms with Crippen molar-refractivity contribution in [2.75, 3.05) is 5.32 Å². The summed E-state index contributed by atoms with van der Waals surface area (Å²) < 4.78 is 5.27. The number of amides is 1. The minimum atomic E-state index is -0.951. The molecule has 130 valence electrons. The maximum Gasteiger partial charge on any atom is 0.338 e. The van der Waals surface area contributed by atoms with Crippen LogP contribution in [-0.4, -0.2) is 18.0 Å². The van der Waals surface area contributed by atoms with E-state index in [4.69, 9.17) is 27.9 Å². The molecule has 0 bridgehead atoms. The van der Waals surface area contributed by atoms with Crippen LogP contribution in [0.2, 0.25) is 10.0 Å². The van der Waals surface area contributed by atoms with Gasteiger partial charge in [-0.15, -0.1) is 0 Å². The molecule has 0 aliphatic heterocycles. The van der Waals surface area contributed by atoms with Gasteiger partial charge in [-0.2, -0.15) is 0 Å². The number of rotatable bonds is 4. The fourth-order valence-corrected chi connectivity index (χ4v) is 3.26. The summed E-state index contributed by atoms with van der Waals surface area (Å²) in [5, 5.41) is 3.42. The van der Waals surface area contributed by atoms with Gasteiger partial charge in [0, 0.05) is 5.02 Å². The lowest BCUT2D eigenvalue weighted by Gasteiger charge is -2.14. The van der Waals surface area contributed by atoms with Crippen LogP contribution in [0.1, 0.15) is 34.8 Å². The Kier molecular flexibility index (Phi) is 5.30. The summed E-state index contributed by atoms with van der Waals surface area (Å²) in [7, 11) is 0. The van der Waals surface area contributed by atoms with Crippen molar-refractivity contribution in [1.82, 2.24) is 0 Å². The molecule has 3 rings (SSSR count). The Morgan fingerprint density at radius 2 is 1.84 bits per heavy atom. The van der Waals surface area contributed by atoms with E-state index in [0.29, 0.717) is 21.3 Å². The van der Waals surface area contributed by atoms with Gasteiger partial charge in [0.1, 0.15) is 0 Å². The van der Waals surface area contributed by atoms with E-state index >= 15 is 0 Å². The van der Waals surface area contributed by atoms with Crippen LogP contribution in [0.3, 0.4) is 0 Å². The average Bonchev–Trinajstić information content (AvgIpc) is 3.04. The first-order valence-electron chi connectivity index (χ1n) is 8.03. The molecule has 1 aliphatic carbocycles. The predicted octanol–water partition coefficient (Wildman–Crippen LogP) is 4.67. The third-order valence-corrected chi connectivity index (χ3v) is 4.72. The van der Waals surface area contributed by atoms with Gasteiger partial charge in [0.15, 0.2) is 6.10 Å². The highest BCUT2D eigenvalue weighted by molar-refractivity contribution is 6.36. The van der Waals surface area contributed by atoms with Crippen molar-refractivity contribution in [1.29, 1.82) is 0 Å². The minimum Gasteiger partial charge on any atom is -0.449 e. The molecule has 1 atom stereocenters. The summed E-state index contributed by atoms with van der Waals surface area (Å²) in [4.78, 5) is 24.5. The van der Waals surface area contributed by atoms with Crippen molar-refractivity contribution in [3.05, 3.63) is 63.1 Å². The van der Waals surface area contributed by atoms with Crippen molar-refractivity contribution in [3.8, 4) is 0 Å². The second kappa shape index (κ2) is 7.46. The number of halogens is 2. The number of ether oxygens (including phenoxy) is 1. The quantitative estimate of drug-likeness (QED) is 0.787. The Hall–Kier alpha value is -2.04. The highest BCUT2D eigenvalue weighted by Crippen LogP contribution is 2.26. The Labute approximate surface area is 156 Å². The van der Waals surface area contributed by atoms with E-state index in [-0.39, 0.29) is 0 Å². The second-order valence-electron chi connectivity index (χ2n) is 6.00. The van der Waals surface area contributed by atoms with Crippen LogP contribution in [-0.2, 0) is 22.4 Å². The molecule has 25 heavy (non-hydrogen) atoms. The lowest BCUT2D eigenvalue weighted by molar-refractivity contribution is -0.123. The first-order chi connectivity index (χ1) is 11.9. The lowest BCUT2D eigenvalue weighted by atomic mass is 10.1. The van der Waals surface area contributed by atoms with Gasteiger partial charge >= 0.3 is 5.97 Å². The lowest BCUT2D eigenvalue weighted by Crippen LogP contribution is -2.30. The number of hydrogen-bond acceptors (Lipinski definition) is 3. The molecule has 4 nitrogen and oxygen atoms in total. The van der Waals surface area contributed by atoms with Crippen molar-refractivity contribution in [3.63, 3.8) is 0 Å². The highest BCUT2D eigenvalue weighted by Gasteiger charge is 2.21. The van der Waals surface area contributed by atoms with Gasteiger partial charge in [0.05, 0.1) is 16.3 Å². The maximum atomic E-state index is 12.3. The van der Waals surface area contributed by atoms with E-state index in [1.807, 2.05) is 12.1 Å². The van der Waals surface area contributed by atoms with Crippen LogP contribution >= 0.6 is 23.2 Å². The predicted molar refractivity (Wildman–Crippen MR) is 98.4 cm³/mol. The summed E-state index contributed by atoms with van der Waals surface area (Å²) in [6.45, 7) is 1.52. The Balaban J connectivity index is 1.63. The first-order valence-corrected chi connectivity index (χ1v) is 8.78. The Morgan fingerprint density at radius 1 is 1.08 bits per heavy atom. The van der Waals surface area contributed by atoms with Crippen LogP contribution in [0.15, 0.2) is 36.4 Å². The van der Waals surface area contributed by atoms with E-state index in [0.717, 1.165) is 19.3 Å². The number of esters is 1. The number of aryl methyl sites for hydroxylation is 2. The normalized spacial score (nSPS) is 13.9. The summed E-state index contributed by atoms with van der Waals surface area (Å²) in [5.41, 5.74) is 3.33. The molecule has 1 aliphatic rings. The molecule has 0 spiro atoms. The van der Waals surface area contributed by atoms with Crippen LogP contribution in [0.5, 0.6) is 0 Å². The molecule has 2 aromatic rings. The monoisotopic (exact) mass is 377 g/mol. The fourth-order valence-electron chi connectivity index (χ4n) is 2.81. The van der Waals surface area contributed by atoms with E-state index in [9.17, 15) is 9.59 Å². The van der Waals surface area contributed by atoms with Crippen molar-refractivity contribution in [2.24, 2.45) is 0 Å². The van der Waals surface area contributed by atoms with Crippen LogP contribution in [0, 0.1) is 0 Å². The zero-order valence-electron chi connectivity index (χ0n) is 13.6. The van der Waals surface area contributed by atoms with Crippen molar-refractivity contribution in [2.45, 2.75) is 32.3 Å². The summed E-state index contributed by atoms with van der Waals surface area (Å²) in [6.07, 6.45) is 2.17. The van der Waals surface area contributed by atoms with Gasteiger partial charge in [0.25, 0.3) is 5.91 Å². The number of carbonyl (C=O) groups excluding carboxylic acids is 2.